The van der Waals surface area contributed by atoms with Gasteiger partial charge in [0.1, 0.15) is 18.1 Å². The zero-order valence-electron chi connectivity index (χ0n) is 14.0. The highest BCUT2D eigenvalue weighted by Crippen LogP contribution is 2.20. The number of pyridine rings is 1. The average molecular weight is 325 g/mol. The maximum absolute atomic E-state index is 12.2. The molecule has 1 saturated heterocycles. The number of ether oxygens (including phenoxy) is 1. The summed E-state index contributed by atoms with van der Waals surface area (Å²) in [4.78, 5) is 18.7. The normalized spacial score (nSPS) is 13.8. The number of carbonyl (C=O) groups excluding carboxylic acids is 1. The van der Waals surface area contributed by atoms with Gasteiger partial charge < -0.3 is 15.0 Å². The van der Waals surface area contributed by atoms with E-state index in [1.165, 1.54) is 12.8 Å². The largest absolute Gasteiger partial charge is 0.492 e. The van der Waals surface area contributed by atoms with Crippen LogP contribution in [0.2, 0.25) is 0 Å². The molecule has 1 amide bonds. The third-order valence-corrected chi connectivity index (χ3v) is 4.09. The number of nitrogens with one attached hydrogen (secondary N) is 1. The van der Waals surface area contributed by atoms with Crippen molar-refractivity contribution in [3.8, 4) is 5.75 Å². The van der Waals surface area contributed by atoms with Gasteiger partial charge in [-0.15, -0.1) is 0 Å². The number of rotatable bonds is 6. The van der Waals surface area contributed by atoms with E-state index in [-0.39, 0.29) is 5.91 Å². The van der Waals surface area contributed by atoms with Crippen molar-refractivity contribution in [1.29, 1.82) is 0 Å². The van der Waals surface area contributed by atoms with Crippen molar-refractivity contribution in [3.63, 3.8) is 0 Å². The number of anilines is 1. The molecular formula is C19H23N3O2. The fourth-order valence-electron chi connectivity index (χ4n) is 2.84. The van der Waals surface area contributed by atoms with Crippen LogP contribution >= 0.6 is 0 Å². The minimum Gasteiger partial charge on any atom is -0.492 e. The first-order chi connectivity index (χ1) is 11.7. The number of aryl methyl sites for hydroxylation is 1. The van der Waals surface area contributed by atoms with Crippen LogP contribution in [0.25, 0.3) is 0 Å². The van der Waals surface area contributed by atoms with Crippen molar-refractivity contribution >= 4 is 11.6 Å². The molecule has 24 heavy (non-hydrogen) atoms. The maximum Gasteiger partial charge on any atom is 0.270 e. The topological polar surface area (TPSA) is 54.5 Å². The van der Waals surface area contributed by atoms with E-state index in [4.69, 9.17) is 4.74 Å². The maximum atomic E-state index is 12.2. The van der Waals surface area contributed by atoms with Crippen molar-refractivity contribution in [2.45, 2.75) is 19.8 Å². The van der Waals surface area contributed by atoms with E-state index in [1.54, 1.807) is 6.20 Å². The fourth-order valence-corrected chi connectivity index (χ4v) is 2.84. The minimum absolute atomic E-state index is 0.163. The lowest BCUT2D eigenvalue weighted by atomic mass is 10.2. The summed E-state index contributed by atoms with van der Waals surface area (Å²) in [6.07, 6.45) is 4.12. The highest BCUT2D eigenvalue weighted by Gasteiger charge is 2.14. The van der Waals surface area contributed by atoms with Crippen molar-refractivity contribution in [3.05, 3.63) is 53.9 Å². The van der Waals surface area contributed by atoms with E-state index in [1.807, 2.05) is 43.3 Å². The predicted molar refractivity (Wildman–Crippen MR) is 94.7 cm³/mol. The van der Waals surface area contributed by atoms with E-state index >= 15 is 0 Å². The Kier molecular flexibility index (Phi) is 5.31. The van der Waals surface area contributed by atoms with Crippen LogP contribution in [0.5, 0.6) is 5.75 Å². The monoisotopic (exact) mass is 325 g/mol. The second-order valence-corrected chi connectivity index (χ2v) is 6.01. The van der Waals surface area contributed by atoms with Crippen molar-refractivity contribution in [2.75, 3.05) is 31.1 Å². The van der Waals surface area contributed by atoms with E-state index in [0.29, 0.717) is 18.8 Å². The third kappa shape index (κ3) is 4.25. The predicted octanol–water partition coefficient (Wildman–Crippen LogP) is 2.80. The lowest BCUT2D eigenvalue weighted by molar-refractivity contribution is 0.0942. The quantitative estimate of drug-likeness (QED) is 0.830. The molecule has 3 rings (SSSR count). The first-order valence-electron chi connectivity index (χ1n) is 8.41. The number of hydrogen-bond donors (Lipinski definition) is 1. The second-order valence-electron chi connectivity index (χ2n) is 6.01. The molecular weight excluding hydrogens is 302 g/mol. The molecule has 1 fully saturated rings. The second kappa shape index (κ2) is 7.81. The Balaban J connectivity index is 1.49. The smallest absolute Gasteiger partial charge is 0.270 e. The Morgan fingerprint density at radius 3 is 2.88 bits per heavy atom. The third-order valence-electron chi connectivity index (χ3n) is 4.09. The van der Waals surface area contributed by atoms with Gasteiger partial charge in [-0.25, -0.2) is 0 Å². The van der Waals surface area contributed by atoms with E-state index in [9.17, 15) is 4.79 Å². The lowest BCUT2D eigenvalue weighted by Crippen LogP contribution is -2.29. The zero-order chi connectivity index (χ0) is 16.8. The lowest BCUT2D eigenvalue weighted by Gasteiger charge is -2.17. The molecule has 0 bridgehead atoms. The summed E-state index contributed by atoms with van der Waals surface area (Å²) in [7, 11) is 0. The Morgan fingerprint density at radius 1 is 1.25 bits per heavy atom. The minimum atomic E-state index is -0.163. The molecule has 0 atom stereocenters. The number of benzene rings is 1. The molecule has 126 valence electrons. The van der Waals surface area contributed by atoms with Crippen molar-refractivity contribution in [1.82, 2.24) is 10.3 Å². The van der Waals surface area contributed by atoms with Crippen LogP contribution in [0, 0.1) is 6.92 Å². The highest BCUT2D eigenvalue weighted by atomic mass is 16.5. The van der Waals surface area contributed by atoms with Crippen LogP contribution in [0.3, 0.4) is 0 Å². The molecule has 0 unspecified atom stereocenters. The van der Waals surface area contributed by atoms with Gasteiger partial charge in [-0.3, -0.25) is 9.78 Å². The van der Waals surface area contributed by atoms with Gasteiger partial charge in [-0.2, -0.15) is 0 Å². The Hall–Kier alpha value is -2.56. The summed E-state index contributed by atoms with van der Waals surface area (Å²) in [6, 6.07) is 11.7. The molecule has 0 radical (unpaired) electrons. The number of aromatic nitrogens is 1. The molecule has 5 heteroatoms. The molecule has 0 saturated carbocycles. The fraction of sp³-hybridized carbons (Fsp3) is 0.368. The van der Waals surface area contributed by atoms with Gasteiger partial charge in [-0.1, -0.05) is 12.1 Å². The Bertz CT molecular complexity index is 697. The van der Waals surface area contributed by atoms with Gasteiger partial charge in [0.25, 0.3) is 5.91 Å². The molecule has 1 N–H and O–H groups in total. The number of amides is 1. The summed E-state index contributed by atoms with van der Waals surface area (Å²) >= 11 is 0. The van der Waals surface area contributed by atoms with Gasteiger partial charge in [0.2, 0.25) is 0 Å². The van der Waals surface area contributed by atoms with Gasteiger partial charge in [0.15, 0.2) is 0 Å². The number of hydrogen-bond acceptors (Lipinski definition) is 4. The van der Waals surface area contributed by atoms with Crippen LogP contribution in [0.15, 0.2) is 42.6 Å². The summed E-state index contributed by atoms with van der Waals surface area (Å²) in [5, 5.41) is 2.86. The van der Waals surface area contributed by atoms with Crippen LogP contribution in [0.1, 0.15) is 28.9 Å². The molecule has 1 aliphatic heterocycles. The van der Waals surface area contributed by atoms with Crippen LogP contribution < -0.4 is 15.0 Å². The number of nitrogens with zero attached hydrogens (tertiary/aromatic N) is 2. The van der Waals surface area contributed by atoms with Crippen LogP contribution in [-0.4, -0.2) is 37.1 Å². The van der Waals surface area contributed by atoms with Crippen LogP contribution in [-0.2, 0) is 0 Å². The number of carbonyl (C=O) groups is 1. The van der Waals surface area contributed by atoms with Crippen LogP contribution in [0.4, 0.5) is 5.69 Å². The molecule has 5 nitrogen and oxygen atoms in total. The van der Waals surface area contributed by atoms with E-state index in [2.05, 4.69) is 15.2 Å². The summed E-state index contributed by atoms with van der Waals surface area (Å²) < 4.78 is 5.63. The van der Waals surface area contributed by atoms with Gasteiger partial charge in [0, 0.05) is 25.0 Å². The van der Waals surface area contributed by atoms with Crippen molar-refractivity contribution in [2.24, 2.45) is 0 Å². The van der Waals surface area contributed by atoms with E-state index in [0.717, 1.165) is 30.1 Å². The molecule has 1 aliphatic rings. The van der Waals surface area contributed by atoms with Gasteiger partial charge in [0.05, 0.1) is 6.54 Å². The molecule has 0 aliphatic carbocycles. The summed E-state index contributed by atoms with van der Waals surface area (Å²) in [5.74, 6) is 0.655. The Labute approximate surface area is 142 Å². The molecule has 0 spiro atoms. The molecule has 1 aromatic carbocycles. The van der Waals surface area contributed by atoms with Crippen molar-refractivity contribution < 1.29 is 9.53 Å². The molecule has 2 heterocycles. The first-order valence-corrected chi connectivity index (χ1v) is 8.41. The first kappa shape index (κ1) is 16.3. The highest BCUT2D eigenvalue weighted by molar-refractivity contribution is 5.93. The van der Waals surface area contributed by atoms with Gasteiger partial charge >= 0.3 is 0 Å². The Morgan fingerprint density at radius 2 is 2.08 bits per heavy atom. The average Bonchev–Trinajstić information content (AvgIpc) is 3.13. The van der Waals surface area contributed by atoms with E-state index < -0.39 is 0 Å². The standard InChI is InChI=1S/C19H23N3O2/c1-15-5-4-6-17(13-15)24-12-9-21-19(23)18-14-16(7-8-20-18)22-10-2-3-11-22/h4-8,13-14H,2-3,9-12H2,1H3,(H,21,23). The SMILES string of the molecule is Cc1cccc(OCCNC(=O)c2cc(N3CCCC3)ccn2)c1. The summed E-state index contributed by atoms with van der Waals surface area (Å²) in [5.41, 5.74) is 2.68. The van der Waals surface area contributed by atoms with Gasteiger partial charge in [-0.05, 0) is 49.6 Å². The summed E-state index contributed by atoms with van der Waals surface area (Å²) in [6.45, 7) is 5.00. The molecule has 2 aromatic rings. The zero-order valence-corrected chi connectivity index (χ0v) is 14.0. The molecule has 1 aromatic heterocycles.